The predicted molar refractivity (Wildman–Crippen MR) is 90.7 cm³/mol. The van der Waals surface area contributed by atoms with Gasteiger partial charge in [-0.05, 0) is 13.0 Å². The van der Waals surface area contributed by atoms with Crippen molar-refractivity contribution in [3.05, 3.63) is 29.8 Å². The number of aromatic hydroxyl groups is 2. The van der Waals surface area contributed by atoms with E-state index in [9.17, 15) is 20.1 Å². The monoisotopic (exact) mass is 331 g/mol. The quantitative estimate of drug-likeness (QED) is 0.334. The van der Waals surface area contributed by atoms with Gasteiger partial charge in [-0.3, -0.25) is 4.48 Å². The average molecular weight is 331 g/mol. The second kappa shape index (κ2) is 5.31. The molecule has 0 aromatic heterocycles. The average Bonchev–Trinajstić information content (AvgIpc) is 2.56. The number of nitrogens with one attached hydrogen (secondary N) is 1. The molecule has 2 aromatic carbocycles. The van der Waals surface area contributed by atoms with Crippen molar-refractivity contribution in [2.45, 2.75) is 6.92 Å². The third kappa shape index (κ3) is 2.39. The van der Waals surface area contributed by atoms with Crippen LogP contribution in [-0.4, -0.2) is 41.9 Å². The number of benzene rings is 2. The Morgan fingerprint density at radius 2 is 1.96 bits per heavy atom. The number of carbonyl (C=O) groups is 1. The second-order valence-corrected chi connectivity index (χ2v) is 6.21. The number of carboxylic acid groups (broad SMARTS) is 1. The zero-order valence-electron chi connectivity index (χ0n) is 13.6. The van der Waals surface area contributed by atoms with Crippen LogP contribution in [0.1, 0.15) is 17.3 Å². The maximum atomic E-state index is 11.4. The van der Waals surface area contributed by atoms with E-state index in [2.05, 4.69) is 26.3 Å². The van der Waals surface area contributed by atoms with Gasteiger partial charge in [-0.25, -0.2) is 4.79 Å². The molecule has 0 aliphatic carbocycles. The molecule has 0 radical (unpaired) electrons. The van der Waals surface area contributed by atoms with E-state index in [-0.39, 0.29) is 17.0 Å². The molecule has 3 rings (SSSR count). The highest BCUT2D eigenvalue weighted by atomic mass is 16.5. The molecule has 0 saturated heterocycles. The van der Waals surface area contributed by atoms with Gasteiger partial charge in [-0.15, -0.1) is 0 Å². The first kappa shape index (κ1) is 15.9. The van der Waals surface area contributed by atoms with Gasteiger partial charge in [0, 0.05) is 18.2 Å². The van der Waals surface area contributed by atoms with E-state index in [1.807, 2.05) is 12.1 Å². The number of phenols is 2. The molecule has 1 heterocycles. The Balaban J connectivity index is 2.13. The lowest BCUT2D eigenvalue weighted by Crippen LogP contribution is -2.39. The van der Waals surface area contributed by atoms with Gasteiger partial charge >= 0.3 is 5.97 Å². The number of hydrogen-bond acceptors (Lipinski definition) is 5. The van der Waals surface area contributed by atoms with E-state index in [1.54, 1.807) is 6.07 Å². The lowest BCUT2D eigenvalue weighted by molar-refractivity contribution is 0.0697. The van der Waals surface area contributed by atoms with Gasteiger partial charge in [-0.1, -0.05) is 0 Å². The lowest BCUT2D eigenvalue weighted by Gasteiger charge is -2.30. The van der Waals surface area contributed by atoms with Gasteiger partial charge in [0.15, 0.2) is 17.2 Å². The van der Waals surface area contributed by atoms with Gasteiger partial charge in [0.1, 0.15) is 11.4 Å². The van der Waals surface area contributed by atoms with Crippen molar-refractivity contribution in [1.29, 1.82) is 0 Å². The number of carboxylic acids is 1. The van der Waals surface area contributed by atoms with E-state index < -0.39 is 17.5 Å². The molecule has 0 unspecified atom stereocenters. The van der Waals surface area contributed by atoms with Crippen molar-refractivity contribution in [2.75, 3.05) is 26.0 Å². The minimum atomic E-state index is -1.23. The summed E-state index contributed by atoms with van der Waals surface area (Å²) in [5.41, 5.74) is 1.52. The molecule has 126 valence electrons. The van der Waals surface area contributed by atoms with Crippen molar-refractivity contribution in [3.63, 3.8) is 0 Å². The Kier molecular flexibility index (Phi) is 3.53. The van der Waals surface area contributed by atoms with Crippen molar-refractivity contribution >= 4 is 23.0 Å². The molecule has 7 nitrogen and oxygen atoms in total. The molecule has 1 aliphatic rings. The number of fused-ring (bicyclic) bond motifs is 2. The van der Waals surface area contributed by atoms with Gasteiger partial charge < -0.3 is 25.4 Å². The first-order chi connectivity index (χ1) is 11.2. The third-order valence-electron chi connectivity index (χ3n) is 4.39. The fraction of sp³-hybridized carbons (Fsp3) is 0.235. The molecule has 24 heavy (non-hydrogen) atoms. The van der Waals surface area contributed by atoms with Crippen LogP contribution in [0, 0.1) is 0 Å². The van der Waals surface area contributed by atoms with Crippen LogP contribution < -0.4 is 14.5 Å². The molecule has 2 aromatic rings. The molecule has 1 aliphatic heterocycles. The largest absolute Gasteiger partial charge is 0.504 e. The normalized spacial score (nSPS) is 12.6. The van der Waals surface area contributed by atoms with Crippen molar-refractivity contribution in [2.24, 2.45) is 0 Å². The standard InChI is InChI=1S/C17H18N2O5/c1-4-19(2,3)9-5-6-11-13(7-9)24-16-14(18-11)10(17(22)23)8-12(20)15(16)21/h5-8,18H,4H2,1-3H3,(H2-,20,21,22,23)/p+1. The summed E-state index contributed by atoms with van der Waals surface area (Å²) in [7, 11) is 4.11. The first-order valence-corrected chi connectivity index (χ1v) is 7.49. The molecular weight excluding hydrogens is 312 g/mol. The highest BCUT2D eigenvalue weighted by molar-refractivity contribution is 6.00. The van der Waals surface area contributed by atoms with Crippen LogP contribution in [0.5, 0.6) is 23.0 Å². The molecule has 4 N–H and O–H groups in total. The van der Waals surface area contributed by atoms with Crippen LogP contribution in [0.3, 0.4) is 0 Å². The Morgan fingerprint density at radius 1 is 1.25 bits per heavy atom. The Bertz CT molecular complexity index is 845. The topological polar surface area (TPSA) is 99.0 Å². The molecule has 0 bridgehead atoms. The van der Waals surface area contributed by atoms with E-state index in [4.69, 9.17) is 4.74 Å². The second-order valence-electron chi connectivity index (χ2n) is 6.21. The summed E-state index contributed by atoms with van der Waals surface area (Å²) in [5, 5.41) is 32.1. The summed E-state index contributed by atoms with van der Waals surface area (Å²) >= 11 is 0. The van der Waals surface area contributed by atoms with Crippen LogP contribution in [0.4, 0.5) is 17.1 Å². The number of ether oxygens (including phenoxy) is 1. The van der Waals surface area contributed by atoms with Crippen LogP contribution >= 0.6 is 0 Å². The predicted octanol–water partition coefficient (Wildman–Crippen LogP) is 3.23. The van der Waals surface area contributed by atoms with Gasteiger partial charge in [0.2, 0.25) is 5.75 Å². The summed E-state index contributed by atoms with van der Waals surface area (Å²) in [6.07, 6.45) is 0. The molecule has 0 atom stereocenters. The Morgan fingerprint density at radius 3 is 2.58 bits per heavy atom. The first-order valence-electron chi connectivity index (χ1n) is 7.49. The number of aromatic carboxylic acids is 1. The molecule has 0 spiro atoms. The lowest BCUT2D eigenvalue weighted by atomic mass is 10.1. The summed E-state index contributed by atoms with van der Waals surface area (Å²) in [6.45, 7) is 2.94. The maximum absolute atomic E-state index is 11.4. The fourth-order valence-corrected chi connectivity index (χ4v) is 2.53. The number of anilines is 2. The minimum Gasteiger partial charge on any atom is -0.504 e. The maximum Gasteiger partial charge on any atom is 0.338 e. The highest BCUT2D eigenvalue weighted by Crippen LogP contribution is 2.52. The van der Waals surface area contributed by atoms with Gasteiger partial charge in [0.25, 0.3) is 0 Å². The summed E-state index contributed by atoms with van der Waals surface area (Å²) < 4.78 is 6.35. The van der Waals surface area contributed by atoms with Crippen molar-refractivity contribution in [1.82, 2.24) is 4.48 Å². The van der Waals surface area contributed by atoms with E-state index in [0.717, 1.165) is 18.3 Å². The van der Waals surface area contributed by atoms with Crippen LogP contribution in [0.25, 0.3) is 0 Å². The molecule has 0 fully saturated rings. The van der Waals surface area contributed by atoms with Crippen molar-refractivity contribution in [3.8, 4) is 23.0 Å². The highest BCUT2D eigenvalue weighted by Gasteiger charge is 2.29. The Labute approximate surface area is 138 Å². The number of rotatable bonds is 3. The van der Waals surface area contributed by atoms with Gasteiger partial charge in [-0.2, -0.15) is 0 Å². The summed E-state index contributed by atoms with van der Waals surface area (Å²) in [4.78, 5) is 11.4. The molecular formula is C17H19N2O5+. The number of hydrogen-bond donors (Lipinski definition) is 4. The third-order valence-corrected chi connectivity index (χ3v) is 4.39. The molecule has 7 heteroatoms. The summed E-state index contributed by atoms with van der Waals surface area (Å²) in [5.74, 6) is -1.92. The van der Waals surface area contributed by atoms with Gasteiger partial charge in [0.05, 0.1) is 31.9 Å². The zero-order chi connectivity index (χ0) is 17.6. The number of phenolic OH excluding ortho intramolecular Hbond substituents is 2. The molecule has 0 amide bonds. The van der Waals surface area contributed by atoms with Crippen LogP contribution in [-0.2, 0) is 0 Å². The molecule has 0 saturated carbocycles. The van der Waals surface area contributed by atoms with Crippen LogP contribution in [0.15, 0.2) is 24.3 Å². The number of nitrogens with zero attached hydrogens (tertiary/aromatic N) is 1. The fourth-order valence-electron chi connectivity index (χ4n) is 2.53. The van der Waals surface area contributed by atoms with E-state index >= 15 is 0 Å². The minimum absolute atomic E-state index is 0.0983. The SMILES string of the molecule is CC[N+](C)(C)c1ccc2c(c1)Oc1c(O)c(O)cc(C(=O)O)c1N2. The number of quaternary nitrogens is 1. The van der Waals surface area contributed by atoms with Crippen LogP contribution in [0.2, 0.25) is 0 Å². The smallest absolute Gasteiger partial charge is 0.338 e. The van der Waals surface area contributed by atoms with E-state index in [0.29, 0.717) is 15.9 Å². The Hall–Kier alpha value is -2.93. The van der Waals surface area contributed by atoms with Crippen molar-refractivity contribution < 1.29 is 24.9 Å². The zero-order valence-corrected chi connectivity index (χ0v) is 13.6. The van der Waals surface area contributed by atoms with E-state index in [1.165, 1.54) is 0 Å². The summed E-state index contributed by atoms with van der Waals surface area (Å²) in [6, 6.07) is 6.56.